The molecule has 1 aromatic heterocycles. The van der Waals surface area contributed by atoms with Gasteiger partial charge in [-0.05, 0) is 31.8 Å². The van der Waals surface area contributed by atoms with Crippen LogP contribution in [-0.2, 0) is 26.3 Å². The molecule has 1 aliphatic carbocycles. The number of nitrogens with one attached hydrogen (secondary N) is 1. The highest BCUT2D eigenvalue weighted by Crippen LogP contribution is 2.22. The molecule has 104 valence electrons. The molecule has 3 rings (SSSR count). The Morgan fingerprint density at radius 3 is 2.95 bits per heavy atom. The lowest BCUT2D eigenvalue weighted by Crippen LogP contribution is -2.43. The van der Waals surface area contributed by atoms with Crippen molar-refractivity contribution in [3.63, 3.8) is 0 Å². The molecular formula is C14H21ClN4. The van der Waals surface area contributed by atoms with Crippen molar-refractivity contribution < 1.29 is 0 Å². The minimum absolute atomic E-state index is 0.610. The average Bonchev–Trinajstić information content (AvgIpc) is 2.68. The van der Waals surface area contributed by atoms with E-state index in [9.17, 15) is 0 Å². The number of alkyl halides is 1. The van der Waals surface area contributed by atoms with Crippen molar-refractivity contribution in [3.8, 4) is 0 Å². The van der Waals surface area contributed by atoms with E-state index in [1.165, 1.54) is 22.9 Å². The van der Waals surface area contributed by atoms with E-state index in [4.69, 9.17) is 16.6 Å². The van der Waals surface area contributed by atoms with Gasteiger partial charge in [0.1, 0.15) is 5.82 Å². The topological polar surface area (TPSA) is 42.2 Å². The fraction of sp³-hybridized carbons (Fsp3) is 0.714. The summed E-state index contributed by atoms with van der Waals surface area (Å²) in [5, 5.41) is 3.32. The fourth-order valence-electron chi connectivity index (χ4n) is 2.91. The summed E-state index contributed by atoms with van der Waals surface area (Å²) in [6.07, 6.45) is 4.16. The van der Waals surface area contributed by atoms with Gasteiger partial charge in [-0.25, -0.2) is 4.98 Å². The van der Waals surface area contributed by atoms with Crippen LogP contribution in [-0.4, -0.2) is 40.8 Å². The molecule has 1 aromatic rings. The highest BCUT2D eigenvalue weighted by atomic mass is 35.5. The van der Waals surface area contributed by atoms with Crippen molar-refractivity contribution in [1.82, 2.24) is 14.9 Å². The van der Waals surface area contributed by atoms with Gasteiger partial charge in [-0.2, -0.15) is 0 Å². The van der Waals surface area contributed by atoms with Crippen molar-refractivity contribution in [3.05, 3.63) is 17.2 Å². The molecule has 1 N–H and O–H groups in total. The summed E-state index contributed by atoms with van der Waals surface area (Å²) < 4.78 is 2.31. The first-order valence-electron chi connectivity index (χ1n) is 7.10. The van der Waals surface area contributed by atoms with E-state index >= 15 is 0 Å². The highest BCUT2D eigenvalue weighted by molar-refractivity contribution is 6.18. The molecule has 0 unspecified atom stereocenters. The second-order valence-corrected chi connectivity index (χ2v) is 5.90. The van der Waals surface area contributed by atoms with Crippen LogP contribution in [0.25, 0.3) is 0 Å². The summed E-state index contributed by atoms with van der Waals surface area (Å²) in [5.41, 5.74) is 3.92. The van der Waals surface area contributed by atoms with Gasteiger partial charge in [0.25, 0.3) is 0 Å². The van der Waals surface area contributed by atoms with Crippen molar-refractivity contribution in [2.24, 2.45) is 18.0 Å². The third kappa shape index (κ3) is 2.70. The number of fused-ring (bicyclic) bond motifs is 1. The lowest BCUT2D eigenvalue weighted by Gasteiger charge is -2.26. The van der Waals surface area contributed by atoms with E-state index in [2.05, 4.69) is 21.9 Å². The SMILES string of the molecule is Cn1c(CC2CNC2)nc2c1CCC(=NCCCl)C2. The molecule has 1 aliphatic heterocycles. The second-order valence-electron chi connectivity index (χ2n) is 5.52. The van der Waals surface area contributed by atoms with Crippen LogP contribution in [0.4, 0.5) is 0 Å². The molecule has 0 saturated carbocycles. The van der Waals surface area contributed by atoms with E-state index in [1.807, 2.05) is 0 Å². The summed E-state index contributed by atoms with van der Waals surface area (Å²) in [4.78, 5) is 9.41. The normalized spacial score (nSPS) is 21.5. The smallest absolute Gasteiger partial charge is 0.109 e. The number of hydrogen-bond acceptors (Lipinski definition) is 3. The van der Waals surface area contributed by atoms with Crippen molar-refractivity contribution in [1.29, 1.82) is 0 Å². The zero-order valence-corrected chi connectivity index (χ0v) is 12.2. The number of imidazole rings is 1. The van der Waals surface area contributed by atoms with E-state index in [0.29, 0.717) is 5.88 Å². The van der Waals surface area contributed by atoms with Gasteiger partial charge in [0.2, 0.25) is 0 Å². The molecule has 0 atom stereocenters. The van der Waals surface area contributed by atoms with E-state index in [1.54, 1.807) is 0 Å². The number of hydrogen-bond donors (Lipinski definition) is 1. The lowest BCUT2D eigenvalue weighted by molar-refractivity contribution is 0.338. The van der Waals surface area contributed by atoms with E-state index in [0.717, 1.165) is 51.2 Å². The summed E-state index contributed by atoms with van der Waals surface area (Å²) in [6, 6.07) is 0. The van der Waals surface area contributed by atoms with Crippen LogP contribution < -0.4 is 5.32 Å². The van der Waals surface area contributed by atoms with E-state index < -0.39 is 0 Å². The first kappa shape index (κ1) is 13.1. The van der Waals surface area contributed by atoms with Crippen molar-refractivity contribution >= 4 is 17.3 Å². The standard InChI is InChI=1S/C14H21ClN4/c1-19-13-3-2-11(17-5-4-15)7-12(13)18-14(19)6-10-8-16-9-10/h10,16H,2-9H2,1H3. The molecule has 0 radical (unpaired) electrons. The molecule has 1 fully saturated rings. The van der Waals surface area contributed by atoms with Crippen LogP contribution in [0.15, 0.2) is 4.99 Å². The Morgan fingerprint density at radius 1 is 1.42 bits per heavy atom. The Kier molecular flexibility index (Phi) is 3.89. The van der Waals surface area contributed by atoms with E-state index in [-0.39, 0.29) is 0 Å². The molecule has 5 heteroatoms. The zero-order valence-electron chi connectivity index (χ0n) is 11.5. The van der Waals surface area contributed by atoms with Gasteiger partial charge in [0.05, 0.1) is 12.2 Å². The quantitative estimate of drug-likeness (QED) is 0.846. The third-order valence-electron chi connectivity index (χ3n) is 4.17. The number of nitrogens with zero attached hydrogens (tertiary/aromatic N) is 3. The molecule has 0 amide bonds. The summed E-state index contributed by atoms with van der Waals surface area (Å²) in [6.45, 7) is 3.01. The Labute approximate surface area is 119 Å². The Balaban J connectivity index is 1.75. The summed E-state index contributed by atoms with van der Waals surface area (Å²) in [5.74, 6) is 2.63. The van der Waals surface area contributed by atoms with Gasteiger partial charge in [0.15, 0.2) is 0 Å². The molecule has 0 bridgehead atoms. The minimum Gasteiger partial charge on any atom is -0.335 e. The van der Waals surface area contributed by atoms with Gasteiger partial charge in [-0.1, -0.05) is 0 Å². The minimum atomic E-state index is 0.610. The van der Waals surface area contributed by atoms with Gasteiger partial charge in [-0.15, -0.1) is 11.6 Å². The predicted molar refractivity (Wildman–Crippen MR) is 78.3 cm³/mol. The first-order valence-corrected chi connectivity index (χ1v) is 7.63. The number of halogens is 1. The number of rotatable bonds is 4. The first-order chi connectivity index (χ1) is 9.28. The Hall–Kier alpha value is -0.870. The molecule has 2 aliphatic rings. The predicted octanol–water partition coefficient (Wildman–Crippen LogP) is 1.35. The van der Waals surface area contributed by atoms with Gasteiger partial charge >= 0.3 is 0 Å². The number of aliphatic imine (C=N–C) groups is 1. The van der Waals surface area contributed by atoms with Crippen LogP contribution in [0.5, 0.6) is 0 Å². The largest absolute Gasteiger partial charge is 0.335 e. The molecule has 4 nitrogen and oxygen atoms in total. The zero-order chi connectivity index (χ0) is 13.2. The summed E-state index contributed by atoms with van der Waals surface area (Å²) in [7, 11) is 2.16. The maximum atomic E-state index is 5.70. The lowest BCUT2D eigenvalue weighted by atomic mass is 9.99. The second kappa shape index (κ2) is 5.63. The maximum absolute atomic E-state index is 5.70. The van der Waals surface area contributed by atoms with Crippen LogP contribution >= 0.6 is 11.6 Å². The highest BCUT2D eigenvalue weighted by Gasteiger charge is 2.24. The van der Waals surface area contributed by atoms with Crippen LogP contribution in [0.2, 0.25) is 0 Å². The fourth-order valence-corrected chi connectivity index (χ4v) is 3.00. The van der Waals surface area contributed by atoms with Gasteiger partial charge in [0, 0.05) is 37.2 Å². The Morgan fingerprint density at radius 2 is 2.26 bits per heavy atom. The Bertz CT molecular complexity index is 488. The molecule has 0 aromatic carbocycles. The van der Waals surface area contributed by atoms with Gasteiger partial charge in [-0.3, -0.25) is 4.99 Å². The van der Waals surface area contributed by atoms with Crippen LogP contribution in [0.3, 0.4) is 0 Å². The van der Waals surface area contributed by atoms with Gasteiger partial charge < -0.3 is 9.88 Å². The average molecular weight is 281 g/mol. The van der Waals surface area contributed by atoms with Crippen molar-refractivity contribution in [2.75, 3.05) is 25.5 Å². The van der Waals surface area contributed by atoms with Crippen LogP contribution in [0.1, 0.15) is 23.6 Å². The monoisotopic (exact) mass is 280 g/mol. The van der Waals surface area contributed by atoms with Crippen molar-refractivity contribution in [2.45, 2.75) is 25.7 Å². The molecule has 2 heterocycles. The molecule has 1 saturated heterocycles. The molecule has 19 heavy (non-hydrogen) atoms. The molecule has 0 spiro atoms. The number of aromatic nitrogens is 2. The molecular weight excluding hydrogens is 260 g/mol. The summed E-state index contributed by atoms with van der Waals surface area (Å²) >= 11 is 5.70. The van der Waals surface area contributed by atoms with Crippen LogP contribution in [0, 0.1) is 5.92 Å². The maximum Gasteiger partial charge on any atom is 0.109 e. The third-order valence-corrected chi connectivity index (χ3v) is 4.34.